The Morgan fingerprint density at radius 1 is 1.41 bits per heavy atom. The van der Waals surface area contributed by atoms with Gasteiger partial charge < -0.3 is 16.2 Å². The van der Waals surface area contributed by atoms with Gasteiger partial charge in [0.1, 0.15) is 0 Å². The van der Waals surface area contributed by atoms with Crippen molar-refractivity contribution in [1.29, 1.82) is 0 Å². The zero-order chi connectivity index (χ0) is 12.3. The number of fused-ring (bicyclic) bond motifs is 1. The van der Waals surface area contributed by atoms with E-state index in [4.69, 9.17) is 10.8 Å². The molecule has 0 saturated heterocycles. The number of aryl methyl sites for hydroxylation is 1. The SMILES string of the molecule is Cc1nc2cc(NCCCCO)c(N)cc2s1. The lowest BCUT2D eigenvalue weighted by Crippen LogP contribution is -2.04. The predicted molar refractivity (Wildman–Crippen MR) is 73.6 cm³/mol. The van der Waals surface area contributed by atoms with Crippen LogP contribution < -0.4 is 11.1 Å². The molecule has 1 aromatic heterocycles. The van der Waals surface area contributed by atoms with Crippen LogP contribution in [0.5, 0.6) is 0 Å². The van der Waals surface area contributed by atoms with Crippen LogP contribution in [-0.2, 0) is 0 Å². The molecule has 0 spiro atoms. The monoisotopic (exact) mass is 251 g/mol. The van der Waals surface area contributed by atoms with Crippen molar-refractivity contribution in [3.63, 3.8) is 0 Å². The van der Waals surface area contributed by atoms with Crippen molar-refractivity contribution >= 4 is 32.9 Å². The van der Waals surface area contributed by atoms with Crippen molar-refractivity contribution in [2.75, 3.05) is 24.2 Å². The Labute approximate surface area is 104 Å². The lowest BCUT2D eigenvalue weighted by atomic mass is 10.2. The summed E-state index contributed by atoms with van der Waals surface area (Å²) in [6, 6.07) is 3.96. The molecule has 2 rings (SSSR count). The fourth-order valence-electron chi connectivity index (χ4n) is 1.72. The van der Waals surface area contributed by atoms with Gasteiger partial charge in [-0.25, -0.2) is 4.98 Å². The summed E-state index contributed by atoms with van der Waals surface area (Å²) in [5, 5.41) is 13.0. The second kappa shape index (κ2) is 5.33. The minimum Gasteiger partial charge on any atom is -0.397 e. The number of aliphatic hydroxyl groups excluding tert-OH is 1. The van der Waals surface area contributed by atoms with Gasteiger partial charge in [0, 0.05) is 13.2 Å². The van der Waals surface area contributed by atoms with Gasteiger partial charge in [-0.3, -0.25) is 0 Å². The summed E-state index contributed by atoms with van der Waals surface area (Å²) in [5.41, 5.74) is 8.66. The first-order chi connectivity index (χ1) is 8.20. The van der Waals surface area contributed by atoms with E-state index in [0.29, 0.717) is 0 Å². The third-order valence-corrected chi connectivity index (χ3v) is 3.50. The number of rotatable bonds is 5. The number of hydrogen-bond acceptors (Lipinski definition) is 5. The molecule has 1 heterocycles. The standard InChI is InChI=1S/C12H17N3OS/c1-8-15-11-7-10(14-4-2-3-5-16)9(13)6-12(11)17-8/h6-7,14,16H,2-5,13H2,1H3. The number of unbranched alkanes of at least 4 members (excludes halogenated alkanes) is 1. The van der Waals surface area contributed by atoms with E-state index in [9.17, 15) is 0 Å². The number of nitrogens with two attached hydrogens (primary N) is 1. The molecular formula is C12H17N3OS. The van der Waals surface area contributed by atoms with Crippen molar-refractivity contribution in [2.45, 2.75) is 19.8 Å². The average Bonchev–Trinajstić information content (AvgIpc) is 2.63. The van der Waals surface area contributed by atoms with Gasteiger partial charge in [0.05, 0.1) is 26.6 Å². The van der Waals surface area contributed by atoms with Crippen molar-refractivity contribution in [3.8, 4) is 0 Å². The van der Waals surface area contributed by atoms with Gasteiger partial charge in [-0.2, -0.15) is 0 Å². The van der Waals surface area contributed by atoms with Crippen molar-refractivity contribution in [2.24, 2.45) is 0 Å². The van der Waals surface area contributed by atoms with E-state index < -0.39 is 0 Å². The molecule has 0 aliphatic heterocycles. The lowest BCUT2D eigenvalue weighted by Gasteiger charge is -2.08. The van der Waals surface area contributed by atoms with Crippen molar-refractivity contribution in [3.05, 3.63) is 17.1 Å². The fourth-order valence-corrected chi connectivity index (χ4v) is 2.58. The number of nitrogens with one attached hydrogen (secondary N) is 1. The first-order valence-corrected chi connectivity index (χ1v) is 6.54. The molecule has 1 aromatic carbocycles. The van der Waals surface area contributed by atoms with Crippen molar-refractivity contribution < 1.29 is 5.11 Å². The zero-order valence-electron chi connectivity index (χ0n) is 9.86. The van der Waals surface area contributed by atoms with Crippen LogP contribution in [0, 0.1) is 6.92 Å². The highest BCUT2D eigenvalue weighted by molar-refractivity contribution is 7.18. The molecule has 4 nitrogen and oxygen atoms in total. The highest BCUT2D eigenvalue weighted by Gasteiger charge is 2.05. The second-order valence-corrected chi connectivity index (χ2v) is 5.23. The quantitative estimate of drug-likeness (QED) is 0.563. The Morgan fingerprint density at radius 2 is 2.24 bits per heavy atom. The van der Waals surface area contributed by atoms with E-state index in [1.54, 1.807) is 11.3 Å². The molecule has 0 saturated carbocycles. The molecule has 2 aromatic rings. The summed E-state index contributed by atoms with van der Waals surface area (Å²) in [5.74, 6) is 0. The van der Waals surface area contributed by atoms with E-state index in [2.05, 4.69) is 10.3 Å². The molecule has 17 heavy (non-hydrogen) atoms. The largest absolute Gasteiger partial charge is 0.397 e. The van der Waals surface area contributed by atoms with E-state index in [0.717, 1.165) is 46.0 Å². The summed E-state index contributed by atoms with van der Waals surface area (Å²) in [4.78, 5) is 4.44. The van der Waals surface area contributed by atoms with Gasteiger partial charge in [-0.1, -0.05) is 0 Å². The molecule has 5 heteroatoms. The Morgan fingerprint density at radius 3 is 3.00 bits per heavy atom. The summed E-state index contributed by atoms with van der Waals surface area (Å²) in [7, 11) is 0. The number of nitrogen functional groups attached to an aromatic ring is 1. The van der Waals surface area contributed by atoms with E-state index in [-0.39, 0.29) is 6.61 Å². The van der Waals surface area contributed by atoms with Gasteiger partial charge >= 0.3 is 0 Å². The summed E-state index contributed by atoms with van der Waals surface area (Å²) < 4.78 is 1.13. The van der Waals surface area contributed by atoms with E-state index in [1.807, 2.05) is 19.1 Å². The third-order valence-electron chi connectivity index (χ3n) is 2.57. The number of benzene rings is 1. The first kappa shape index (κ1) is 12.1. The van der Waals surface area contributed by atoms with Crippen LogP contribution in [0.15, 0.2) is 12.1 Å². The molecule has 4 N–H and O–H groups in total. The highest BCUT2D eigenvalue weighted by Crippen LogP contribution is 2.29. The summed E-state index contributed by atoms with van der Waals surface area (Å²) >= 11 is 1.66. The van der Waals surface area contributed by atoms with Gasteiger partial charge in [-0.05, 0) is 31.9 Å². The Hall–Kier alpha value is -1.33. The fraction of sp³-hybridized carbons (Fsp3) is 0.417. The summed E-state index contributed by atoms with van der Waals surface area (Å²) in [6.07, 6.45) is 1.75. The van der Waals surface area contributed by atoms with Crippen LogP contribution in [0.4, 0.5) is 11.4 Å². The van der Waals surface area contributed by atoms with Gasteiger partial charge in [0.2, 0.25) is 0 Å². The molecule has 0 atom stereocenters. The second-order valence-electron chi connectivity index (χ2n) is 4.00. The van der Waals surface area contributed by atoms with Crippen LogP contribution in [0.3, 0.4) is 0 Å². The minimum atomic E-state index is 0.238. The number of thiazole rings is 1. The van der Waals surface area contributed by atoms with E-state index >= 15 is 0 Å². The molecule has 0 radical (unpaired) electrons. The maximum atomic E-state index is 8.70. The molecule has 0 fully saturated rings. The normalized spacial score (nSPS) is 10.9. The number of aromatic nitrogens is 1. The average molecular weight is 251 g/mol. The third kappa shape index (κ3) is 2.87. The summed E-state index contributed by atoms with van der Waals surface area (Å²) in [6.45, 7) is 3.05. The smallest absolute Gasteiger partial charge is 0.0907 e. The van der Waals surface area contributed by atoms with Crippen LogP contribution >= 0.6 is 11.3 Å². The van der Waals surface area contributed by atoms with Crippen LogP contribution in [0.25, 0.3) is 10.2 Å². The zero-order valence-corrected chi connectivity index (χ0v) is 10.7. The first-order valence-electron chi connectivity index (χ1n) is 5.72. The van der Waals surface area contributed by atoms with Crippen LogP contribution in [-0.4, -0.2) is 23.2 Å². The molecule has 92 valence electrons. The maximum absolute atomic E-state index is 8.70. The highest BCUT2D eigenvalue weighted by atomic mass is 32.1. The van der Waals surface area contributed by atoms with Gasteiger partial charge in [-0.15, -0.1) is 11.3 Å². The predicted octanol–water partition coefficient (Wildman–Crippen LogP) is 2.37. The van der Waals surface area contributed by atoms with Crippen LogP contribution in [0.2, 0.25) is 0 Å². The van der Waals surface area contributed by atoms with Gasteiger partial charge in [0.25, 0.3) is 0 Å². The number of aliphatic hydroxyl groups is 1. The van der Waals surface area contributed by atoms with Crippen LogP contribution in [0.1, 0.15) is 17.8 Å². The minimum absolute atomic E-state index is 0.238. The van der Waals surface area contributed by atoms with E-state index in [1.165, 1.54) is 0 Å². The lowest BCUT2D eigenvalue weighted by molar-refractivity contribution is 0.286. The number of nitrogens with zero attached hydrogens (tertiary/aromatic N) is 1. The number of hydrogen-bond donors (Lipinski definition) is 3. The molecule has 0 amide bonds. The Bertz CT molecular complexity index is 510. The number of anilines is 2. The Balaban J connectivity index is 2.13. The molecular weight excluding hydrogens is 234 g/mol. The molecule has 0 bridgehead atoms. The molecule has 0 aliphatic rings. The molecule has 0 aliphatic carbocycles. The molecule has 0 unspecified atom stereocenters. The topological polar surface area (TPSA) is 71.2 Å². The van der Waals surface area contributed by atoms with Crippen molar-refractivity contribution in [1.82, 2.24) is 4.98 Å². The Kier molecular flexibility index (Phi) is 3.81. The maximum Gasteiger partial charge on any atom is 0.0907 e. The van der Waals surface area contributed by atoms with Gasteiger partial charge in [0.15, 0.2) is 0 Å².